The molecule has 1 amide bonds. The fourth-order valence-electron chi connectivity index (χ4n) is 3.56. The Morgan fingerprint density at radius 2 is 1.91 bits per heavy atom. The standard InChI is InChI=1S/C16H18N2O3S/c17-8-12-9-6-3-7-13(9)22-15(12)18-14(19)10-4-1-2-5-11(10)16(20)21/h10-11H,1-7H2,(H,18,19)(H,20,21)/t10-,11+/m1/s1. The van der Waals surface area contributed by atoms with Crippen molar-refractivity contribution >= 4 is 28.2 Å². The highest BCUT2D eigenvalue weighted by molar-refractivity contribution is 7.16. The van der Waals surface area contributed by atoms with Crippen LogP contribution in [-0.2, 0) is 22.4 Å². The smallest absolute Gasteiger partial charge is 0.307 e. The maximum absolute atomic E-state index is 12.5. The van der Waals surface area contributed by atoms with Crippen LogP contribution in [0.2, 0.25) is 0 Å². The first-order valence-corrected chi connectivity index (χ1v) is 8.51. The van der Waals surface area contributed by atoms with Crippen LogP contribution in [0.5, 0.6) is 0 Å². The molecule has 0 aliphatic heterocycles. The summed E-state index contributed by atoms with van der Waals surface area (Å²) in [5, 5.41) is 22.1. The molecule has 1 fully saturated rings. The Balaban J connectivity index is 1.80. The van der Waals surface area contributed by atoms with Crippen LogP contribution < -0.4 is 5.32 Å². The van der Waals surface area contributed by atoms with Crippen molar-refractivity contribution < 1.29 is 14.7 Å². The van der Waals surface area contributed by atoms with Crippen LogP contribution in [0.4, 0.5) is 5.00 Å². The van der Waals surface area contributed by atoms with E-state index in [1.165, 1.54) is 16.2 Å². The van der Waals surface area contributed by atoms with Crippen LogP contribution >= 0.6 is 11.3 Å². The molecule has 5 nitrogen and oxygen atoms in total. The second kappa shape index (κ2) is 6.09. The number of fused-ring (bicyclic) bond motifs is 1. The molecule has 3 rings (SSSR count). The number of carboxylic acid groups (broad SMARTS) is 1. The summed E-state index contributed by atoms with van der Waals surface area (Å²) in [4.78, 5) is 25.0. The van der Waals surface area contributed by atoms with Crippen LogP contribution in [-0.4, -0.2) is 17.0 Å². The van der Waals surface area contributed by atoms with Gasteiger partial charge in [0, 0.05) is 4.88 Å². The maximum Gasteiger partial charge on any atom is 0.307 e. The zero-order valence-electron chi connectivity index (χ0n) is 12.2. The topological polar surface area (TPSA) is 90.2 Å². The van der Waals surface area contributed by atoms with Gasteiger partial charge < -0.3 is 10.4 Å². The van der Waals surface area contributed by atoms with Crippen LogP contribution in [0.3, 0.4) is 0 Å². The number of nitrogens with zero attached hydrogens (tertiary/aromatic N) is 1. The zero-order chi connectivity index (χ0) is 15.7. The highest BCUT2D eigenvalue weighted by atomic mass is 32.1. The third kappa shape index (κ3) is 2.61. The lowest BCUT2D eigenvalue weighted by Crippen LogP contribution is -2.36. The molecule has 0 unspecified atom stereocenters. The van der Waals surface area contributed by atoms with Gasteiger partial charge in [-0.1, -0.05) is 12.8 Å². The van der Waals surface area contributed by atoms with Crippen molar-refractivity contribution in [2.75, 3.05) is 5.32 Å². The Morgan fingerprint density at radius 3 is 2.59 bits per heavy atom. The van der Waals surface area contributed by atoms with Gasteiger partial charge in [0.2, 0.25) is 5.91 Å². The Bertz CT molecular complexity index is 659. The van der Waals surface area contributed by atoms with E-state index < -0.39 is 17.8 Å². The fourth-order valence-corrected chi connectivity index (χ4v) is 4.80. The number of rotatable bonds is 3. The number of carboxylic acids is 1. The first kappa shape index (κ1) is 15.0. The van der Waals surface area contributed by atoms with E-state index in [2.05, 4.69) is 11.4 Å². The van der Waals surface area contributed by atoms with Gasteiger partial charge in [0.1, 0.15) is 11.1 Å². The van der Waals surface area contributed by atoms with Crippen LogP contribution in [0.15, 0.2) is 0 Å². The molecule has 0 spiro atoms. The van der Waals surface area contributed by atoms with E-state index in [-0.39, 0.29) is 5.91 Å². The van der Waals surface area contributed by atoms with E-state index in [1.54, 1.807) is 0 Å². The molecule has 2 N–H and O–H groups in total. The number of carbonyl (C=O) groups excluding carboxylic acids is 1. The molecule has 2 aliphatic carbocycles. The molecule has 1 heterocycles. The summed E-state index contributed by atoms with van der Waals surface area (Å²) in [5.41, 5.74) is 1.65. The lowest BCUT2D eigenvalue weighted by Gasteiger charge is -2.27. The lowest BCUT2D eigenvalue weighted by atomic mass is 9.79. The number of aliphatic carboxylic acids is 1. The van der Waals surface area contributed by atoms with Crippen molar-refractivity contribution in [3.05, 3.63) is 16.0 Å². The third-order valence-electron chi connectivity index (χ3n) is 4.69. The number of aryl methyl sites for hydroxylation is 1. The summed E-state index contributed by atoms with van der Waals surface area (Å²) >= 11 is 1.47. The van der Waals surface area contributed by atoms with Gasteiger partial charge in [0.05, 0.1) is 17.4 Å². The van der Waals surface area contributed by atoms with Crippen LogP contribution in [0, 0.1) is 23.2 Å². The second-order valence-electron chi connectivity index (χ2n) is 6.00. The number of carbonyl (C=O) groups is 2. The van der Waals surface area contributed by atoms with Gasteiger partial charge in [-0.3, -0.25) is 9.59 Å². The number of thiophene rings is 1. The van der Waals surface area contributed by atoms with Crippen LogP contribution in [0.25, 0.3) is 0 Å². The summed E-state index contributed by atoms with van der Waals surface area (Å²) < 4.78 is 0. The second-order valence-corrected chi connectivity index (χ2v) is 7.10. The third-order valence-corrected chi connectivity index (χ3v) is 5.90. The zero-order valence-corrected chi connectivity index (χ0v) is 13.0. The summed E-state index contributed by atoms with van der Waals surface area (Å²) in [7, 11) is 0. The van der Waals surface area contributed by atoms with Gasteiger partial charge in [0.25, 0.3) is 0 Å². The molecule has 0 bridgehead atoms. The van der Waals surface area contributed by atoms with E-state index in [0.29, 0.717) is 23.4 Å². The molecule has 0 radical (unpaired) electrons. The number of hydrogen-bond donors (Lipinski definition) is 2. The largest absolute Gasteiger partial charge is 0.481 e. The normalized spacial score (nSPS) is 23.6. The molecule has 1 aromatic heterocycles. The lowest BCUT2D eigenvalue weighted by molar-refractivity contribution is -0.147. The first-order chi connectivity index (χ1) is 10.6. The molecule has 0 aromatic carbocycles. The predicted molar refractivity (Wildman–Crippen MR) is 82.8 cm³/mol. The van der Waals surface area contributed by atoms with Crippen molar-refractivity contribution in [2.45, 2.75) is 44.9 Å². The van der Waals surface area contributed by atoms with Crippen molar-refractivity contribution in [2.24, 2.45) is 11.8 Å². The molecule has 2 aliphatic rings. The fraction of sp³-hybridized carbons (Fsp3) is 0.562. The Labute approximate surface area is 132 Å². The molecule has 1 saturated carbocycles. The number of nitrogens with one attached hydrogen (secondary N) is 1. The first-order valence-electron chi connectivity index (χ1n) is 7.70. The van der Waals surface area contributed by atoms with E-state index in [0.717, 1.165) is 37.7 Å². The number of nitriles is 1. The van der Waals surface area contributed by atoms with Gasteiger partial charge in [0.15, 0.2) is 0 Å². The molecule has 116 valence electrons. The average molecular weight is 318 g/mol. The van der Waals surface area contributed by atoms with Gasteiger partial charge >= 0.3 is 5.97 Å². The Morgan fingerprint density at radius 1 is 1.18 bits per heavy atom. The number of anilines is 1. The van der Waals surface area contributed by atoms with Gasteiger partial charge in [-0.05, 0) is 37.7 Å². The molecular weight excluding hydrogens is 300 g/mol. The number of amides is 1. The molecule has 0 saturated heterocycles. The van der Waals surface area contributed by atoms with Crippen molar-refractivity contribution in [3.8, 4) is 6.07 Å². The van der Waals surface area contributed by atoms with Crippen LogP contribution in [0.1, 0.15) is 48.1 Å². The molecule has 6 heteroatoms. The summed E-state index contributed by atoms with van der Waals surface area (Å²) in [6.07, 6.45) is 5.83. The minimum absolute atomic E-state index is 0.247. The van der Waals surface area contributed by atoms with Gasteiger partial charge in [-0.25, -0.2) is 0 Å². The Hall–Kier alpha value is -1.87. The quantitative estimate of drug-likeness (QED) is 0.896. The van der Waals surface area contributed by atoms with Crippen molar-refractivity contribution in [1.29, 1.82) is 5.26 Å². The highest BCUT2D eigenvalue weighted by Gasteiger charge is 2.36. The summed E-state index contributed by atoms with van der Waals surface area (Å²) in [5.74, 6) is -2.24. The number of hydrogen-bond acceptors (Lipinski definition) is 4. The van der Waals surface area contributed by atoms with Gasteiger partial charge in [-0.15, -0.1) is 11.3 Å². The summed E-state index contributed by atoms with van der Waals surface area (Å²) in [6.45, 7) is 0. The predicted octanol–water partition coefficient (Wildman–Crippen LogP) is 2.94. The van der Waals surface area contributed by atoms with E-state index in [1.807, 2.05) is 0 Å². The minimum Gasteiger partial charge on any atom is -0.481 e. The average Bonchev–Trinajstić information content (AvgIpc) is 3.07. The molecular formula is C16H18N2O3S. The van der Waals surface area contributed by atoms with Gasteiger partial charge in [-0.2, -0.15) is 5.26 Å². The minimum atomic E-state index is -0.894. The molecule has 1 aromatic rings. The maximum atomic E-state index is 12.5. The SMILES string of the molecule is N#Cc1c(NC(=O)[C@@H]2CCCC[C@@H]2C(=O)O)sc2c1CCC2. The molecule has 22 heavy (non-hydrogen) atoms. The van der Waals surface area contributed by atoms with E-state index in [9.17, 15) is 20.0 Å². The Kier molecular flexibility index (Phi) is 4.16. The van der Waals surface area contributed by atoms with E-state index >= 15 is 0 Å². The monoisotopic (exact) mass is 318 g/mol. The van der Waals surface area contributed by atoms with Crippen molar-refractivity contribution in [3.63, 3.8) is 0 Å². The highest BCUT2D eigenvalue weighted by Crippen LogP contribution is 2.39. The molecule has 2 atom stereocenters. The van der Waals surface area contributed by atoms with E-state index in [4.69, 9.17) is 0 Å². The summed E-state index contributed by atoms with van der Waals surface area (Å²) in [6, 6.07) is 2.20. The van der Waals surface area contributed by atoms with Crippen molar-refractivity contribution in [1.82, 2.24) is 0 Å².